The number of H-pyrrole nitrogens is 1. The number of piperidine rings is 1. The number of likely N-dealkylation sites (tertiary alicyclic amines) is 1. The van der Waals surface area contributed by atoms with Crippen molar-refractivity contribution < 1.29 is 9.47 Å². The number of para-hydroxylation sites is 1. The van der Waals surface area contributed by atoms with Gasteiger partial charge in [-0.15, -0.1) is 0 Å². The number of nitrogens with zero attached hydrogens (tertiary/aromatic N) is 3. The molecule has 0 radical (unpaired) electrons. The molecule has 1 atom stereocenters. The minimum atomic E-state index is -0.0523. The summed E-state index contributed by atoms with van der Waals surface area (Å²) in [6.45, 7) is 4.64. The zero-order chi connectivity index (χ0) is 20.2. The van der Waals surface area contributed by atoms with Gasteiger partial charge in [-0.25, -0.2) is 4.98 Å². The third-order valence-electron chi connectivity index (χ3n) is 5.96. The van der Waals surface area contributed by atoms with Crippen LogP contribution < -0.4 is 19.9 Å². The Morgan fingerprint density at radius 2 is 1.97 bits per heavy atom. The first kappa shape index (κ1) is 19.8. The molecule has 1 unspecified atom stereocenters. The lowest BCUT2D eigenvalue weighted by Crippen LogP contribution is -2.35. The molecule has 1 aromatic carbocycles. The van der Waals surface area contributed by atoms with E-state index in [1.807, 2.05) is 12.1 Å². The number of hydrogen-bond donors (Lipinski definition) is 1. The lowest BCUT2D eigenvalue weighted by molar-refractivity contribution is 0.195. The number of nitrogens with one attached hydrogen (secondary N) is 1. The molecule has 0 aliphatic carbocycles. The highest BCUT2D eigenvalue weighted by Crippen LogP contribution is 2.33. The Balaban J connectivity index is 1.51. The van der Waals surface area contributed by atoms with Gasteiger partial charge in [0, 0.05) is 43.7 Å². The van der Waals surface area contributed by atoms with Gasteiger partial charge in [-0.05, 0) is 38.3 Å². The van der Waals surface area contributed by atoms with E-state index in [2.05, 4.69) is 20.9 Å². The first-order valence-corrected chi connectivity index (χ1v) is 10.5. The largest absolute Gasteiger partial charge is 0.493 e. The zero-order valence-electron chi connectivity index (χ0n) is 17.3. The quantitative estimate of drug-likeness (QED) is 0.807. The minimum absolute atomic E-state index is 0.0523. The van der Waals surface area contributed by atoms with Gasteiger partial charge >= 0.3 is 0 Å². The third kappa shape index (κ3) is 4.40. The van der Waals surface area contributed by atoms with Crippen molar-refractivity contribution in [3.05, 3.63) is 45.9 Å². The van der Waals surface area contributed by atoms with Gasteiger partial charge in [0.05, 0.1) is 19.9 Å². The topological polar surface area (TPSA) is 70.7 Å². The Morgan fingerprint density at radius 3 is 2.72 bits per heavy atom. The average Bonchev–Trinajstić information content (AvgIpc) is 3.28. The summed E-state index contributed by atoms with van der Waals surface area (Å²) in [5, 5.41) is 0. The molecule has 156 valence electrons. The molecule has 2 aliphatic rings. The fourth-order valence-corrected chi connectivity index (χ4v) is 4.51. The molecule has 1 aromatic heterocycles. The number of aromatic nitrogens is 2. The van der Waals surface area contributed by atoms with Crippen LogP contribution in [0.2, 0.25) is 0 Å². The van der Waals surface area contributed by atoms with Crippen molar-refractivity contribution in [1.29, 1.82) is 0 Å². The van der Waals surface area contributed by atoms with Crippen LogP contribution >= 0.6 is 0 Å². The number of methoxy groups -OCH3 is 2. The standard InChI is InChI=1S/C22H30N4O3/c1-28-19-9-5-7-17(21(19)29-2)15-25-10-6-8-16(14-25)18-13-20(27)24-22(23-18)26-11-3-4-12-26/h5,7,9,13,16H,3-4,6,8,10-12,14-15H2,1-2H3,(H,23,24,27). The Kier molecular flexibility index (Phi) is 6.04. The van der Waals surface area contributed by atoms with Gasteiger partial charge in [0.2, 0.25) is 5.95 Å². The first-order chi connectivity index (χ1) is 14.2. The van der Waals surface area contributed by atoms with Crippen LogP contribution in [-0.4, -0.2) is 55.3 Å². The number of benzene rings is 1. The molecule has 3 heterocycles. The van der Waals surface area contributed by atoms with Crippen molar-refractivity contribution >= 4 is 5.95 Å². The molecule has 0 saturated carbocycles. The van der Waals surface area contributed by atoms with Crippen molar-refractivity contribution in [2.75, 3.05) is 45.3 Å². The predicted octanol–water partition coefficient (Wildman–Crippen LogP) is 2.77. The van der Waals surface area contributed by atoms with Gasteiger partial charge in [0.1, 0.15) is 0 Å². The van der Waals surface area contributed by atoms with Crippen molar-refractivity contribution in [2.45, 2.75) is 38.1 Å². The lowest BCUT2D eigenvalue weighted by Gasteiger charge is -2.33. The van der Waals surface area contributed by atoms with E-state index in [-0.39, 0.29) is 11.5 Å². The molecule has 7 heteroatoms. The first-order valence-electron chi connectivity index (χ1n) is 10.5. The van der Waals surface area contributed by atoms with E-state index in [1.165, 1.54) is 0 Å². The molecule has 29 heavy (non-hydrogen) atoms. The van der Waals surface area contributed by atoms with E-state index in [9.17, 15) is 4.79 Å². The highest BCUT2D eigenvalue weighted by atomic mass is 16.5. The summed E-state index contributed by atoms with van der Waals surface area (Å²) < 4.78 is 11.0. The van der Waals surface area contributed by atoms with Crippen LogP contribution in [0.25, 0.3) is 0 Å². The number of anilines is 1. The summed E-state index contributed by atoms with van der Waals surface area (Å²) in [7, 11) is 3.34. The molecular weight excluding hydrogens is 368 g/mol. The van der Waals surface area contributed by atoms with Gasteiger partial charge in [0.15, 0.2) is 11.5 Å². The van der Waals surface area contributed by atoms with Gasteiger partial charge in [-0.1, -0.05) is 12.1 Å². The predicted molar refractivity (Wildman–Crippen MR) is 113 cm³/mol. The highest BCUT2D eigenvalue weighted by molar-refractivity contribution is 5.46. The summed E-state index contributed by atoms with van der Waals surface area (Å²) >= 11 is 0. The van der Waals surface area contributed by atoms with E-state index >= 15 is 0 Å². The molecule has 4 rings (SSSR count). The smallest absolute Gasteiger partial charge is 0.252 e. The van der Waals surface area contributed by atoms with Crippen LogP contribution in [0.15, 0.2) is 29.1 Å². The number of ether oxygens (including phenoxy) is 2. The number of hydrogen-bond acceptors (Lipinski definition) is 6. The van der Waals surface area contributed by atoms with E-state index in [4.69, 9.17) is 14.5 Å². The van der Waals surface area contributed by atoms with Crippen LogP contribution in [0.4, 0.5) is 5.95 Å². The third-order valence-corrected chi connectivity index (χ3v) is 5.96. The minimum Gasteiger partial charge on any atom is -0.493 e. The molecule has 1 N–H and O–H groups in total. The van der Waals surface area contributed by atoms with Gasteiger partial charge in [-0.3, -0.25) is 14.7 Å². The van der Waals surface area contributed by atoms with Crippen LogP contribution in [0.5, 0.6) is 11.5 Å². The summed E-state index contributed by atoms with van der Waals surface area (Å²) in [4.78, 5) is 24.6. The maximum Gasteiger partial charge on any atom is 0.252 e. The van der Waals surface area contributed by atoms with Crippen LogP contribution in [0.1, 0.15) is 42.9 Å². The summed E-state index contributed by atoms with van der Waals surface area (Å²) in [5.41, 5.74) is 1.98. The van der Waals surface area contributed by atoms with Crippen molar-refractivity contribution in [2.24, 2.45) is 0 Å². The van der Waals surface area contributed by atoms with Gasteiger partial charge < -0.3 is 14.4 Å². The number of rotatable bonds is 6. The Hall–Kier alpha value is -2.54. The molecule has 2 fully saturated rings. The maximum absolute atomic E-state index is 12.3. The molecule has 0 amide bonds. The zero-order valence-corrected chi connectivity index (χ0v) is 17.3. The fourth-order valence-electron chi connectivity index (χ4n) is 4.51. The Labute approximate surface area is 171 Å². The van der Waals surface area contributed by atoms with Crippen molar-refractivity contribution in [1.82, 2.24) is 14.9 Å². The molecule has 2 saturated heterocycles. The SMILES string of the molecule is COc1cccc(CN2CCCC(c3cc(=O)[nH]c(N4CCCC4)n3)C2)c1OC. The lowest BCUT2D eigenvalue weighted by atomic mass is 9.94. The molecule has 2 aliphatic heterocycles. The summed E-state index contributed by atoms with van der Waals surface area (Å²) in [5.74, 6) is 2.55. The normalized spacial score (nSPS) is 20.1. The molecule has 2 aromatic rings. The van der Waals surface area contributed by atoms with E-state index in [0.717, 1.165) is 87.1 Å². The van der Waals surface area contributed by atoms with Crippen LogP contribution in [-0.2, 0) is 6.54 Å². The van der Waals surface area contributed by atoms with Crippen LogP contribution in [0, 0.1) is 0 Å². The van der Waals surface area contributed by atoms with E-state index in [0.29, 0.717) is 0 Å². The summed E-state index contributed by atoms with van der Waals surface area (Å²) in [6, 6.07) is 7.68. The molecule has 0 bridgehead atoms. The van der Waals surface area contributed by atoms with Gasteiger partial charge in [0.25, 0.3) is 5.56 Å². The molecule has 7 nitrogen and oxygen atoms in total. The van der Waals surface area contributed by atoms with Crippen molar-refractivity contribution in [3.8, 4) is 11.5 Å². The maximum atomic E-state index is 12.3. The van der Waals surface area contributed by atoms with Crippen LogP contribution in [0.3, 0.4) is 0 Å². The Bertz CT molecular complexity index is 892. The number of aromatic amines is 1. The van der Waals surface area contributed by atoms with E-state index in [1.54, 1.807) is 20.3 Å². The monoisotopic (exact) mass is 398 g/mol. The second-order valence-electron chi connectivity index (χ2n) is 7.91. The second-order valence-corrected chi connectivity index (χ2v) is 7.91. The fraction of sp³-hybridized carbons (Fsp3) is 0.545. The second kappa shape index (κ2) is 8.86. The molecular formula is C22H30N4O3. The highest BCUT2D eigenvalue weighted by Gasteiger charge is 2.25. The average molecular weight is 399 g/mol. The molecule has 0 spiro atoms. The Morgan fingerprint density at radius 1 is 1.14 bits per heavy atom. The van der Waals surface area contributed by atoms with E-state index < -0.39 is 0 Å². The van der Waals surface area contributed by atoms with Crippen molar-refractivity contribution in [3.63, 3.8) is 0 Å². The van der Waals surface area contributed by atoms with Gasteiger partial charge in [-0.2, -0.15) is 0 Å². The summed E-state index contributed by atoms with van der Waals surface area (Å²) in [6.07, 6.45) is 4.47.